The topological polar surface area (TPSA) is 65.5 Å². The maximum atomic E-state index is 5.93. The summed E-state index contributed by atoms with van der Waals surface area (Å²) >= 11 is 0. The Morgan fingerprint density at radius 1 is 0.711 bits per heavy atom. The molecule has 1 N–H and O–H groups in total. The zero-order chi connectivity index (χ0) is 26.3. The second kappa shape index (κ2) is 11.6. The van der Waals surface area contributed by atoms with Crippen LogP contribution in [0.1, 0.15) is 17.0 Å². The highest BCUT2D eigenvalue weighted by Crippen LogP contribution is 2.34. The Labute approximate surface area is 223 Å². The van der Waals surface area contributed by atoms with Crippen molar-refractivity contribution in [2.75, 3.05) is 26.1 Å². The van der Waals surface area contributed by atoms with Crippen molar-refractivity contribution >= 4 is 16.7 Å². The predicted molar refractivity (Wildman–Crippen MR) is 152 cm³/mol. The third kappa shape index (κ3) is 5.86. The smallest absolute Gasteiger partial charge is 0.162 e. The van der Waals surface area contributed by atoms with E-state index in [0.29, 0.717) is 23.9 Å². The lowest BCUT2D eigenvalue weighted by Crippen LogP contribution is -2.08. The van der Waals surface area contributed by atoms with E-state index in [0.717, 1.165) is 46.6 Å². The minimum Gasteiger partial charge on any atom is -0.493 e. The van der Waals surface area contributed by atoms with E-state index in [1.54, 1.807) is 14.2 Å². The number of aromatic nitrogens is 2. The average molecular weight is 506 g/mol. The molecule has 1 heterocycles. The first-order valence-electron chi connectivity index (χ1n) is 12.6. The summed E-state index contributed by atoms with van der Waals surface area (Å²) < 4.78 is 16.9. The van der Waals surface area contributed by atoms with E-state index in [2.05, 4.69) is 63.8 Å². The van der Waals surface area contributed by atoms with Gasteiger partial charge in [0.05, 0.1) is 19.7 Å². The SMILES string of the molecule is COc1cc2nc(C)nc(NCCc3cccc(-c4ccc(OCc5ccccc5)cc4)c3)c2cc1OC. The molecule has 5 rings (SSSR count). The molecule has 0 aliphatic rings. The molecule has 0 fully saturated rings. The molecule has 0 saturated heterocycles. The molecule has 0 saturated carbocycles. The summed E-state index contributed by atoms with van der Waals surface area (Å²) in [6.07, 6.45) is 0.851. The van der Waals surface area contributed by atoms with Gasteiger partial charge in [0, 0.05) is 18.0 Å². The Morgan fingerprint density at radius 3 is 2.21 bits per heavy atom. The van der Waals surface area contributed by atoms with Gasteiger partial charge in [0.15, 0.2) is 11.5 Å². The first-order chi connectivity index (χ1) is 18.6. The first kappa shape index (κ1) is 25.1. The summed E-state index contributed by atoms with van der Waals surface area (Å²) in [5, 5.41) is 4.40. The minimum atomic E-state index is 0.560. The first-order valence-corrected chi connectivity index (χ1v) is 12.6. The molecule has 5 aromatic rings. The molecule has 6 heteroatoms. The van der Waals surface area contributed by atoms with Crippen molar-refractivity contribution in [2.24, 2.45) is 0 Å². The number of hydrogen-bond acceptors (Lipinski definition) is 6. The van der Waals surface area contributed by atoms with Crippen LogP contribution in [0.2, 0.25) is 0 Å². The summed E-state index contributed by atoms with van der Waals surface area (Å²) in [6.45, 7) is 3.18. The second-order valence-electron chi connectivity index (χ2n) is 9.02. The largest absolute Gasteiger partial charge is 0.493 e. The Balaban J connectivity index is 1.25. The van der Waals surface area contributed by atoms with Crippen LogP contribution in [0.3, 0.4) is 0 Å². The lowest BCUT2D eigenvalue weighted by molar-refractivity contribution is 0.306. The van der Waals surface area contributed by atoms with Crippen LogP contribution in [0.5, 0.6) is 17.2 Å². The maximum Gasteiger partial charge on any atom is 0.162 e. The number of methoxy groups -OCH3 is 2. The fourth-order valence-corrected chi connectivity index (χ4v) is 4.42. The predicted octanol–water partition coefficient (Wildman–Crippen LogP) is 6.86. The van der Waals surface area contributed by atoms with Gasteiger partial charge in [-0.1, -0.05) is 66.7 Å². The Morgan fingerprint density at radius 2 is 1.45 bits per heavy atom. The maximum absolute atomic E-state index is 5.93. The van der Waals surface area contributed by atoms with E-state index >= 15 is 0 Å². The van der Waals surface area contributed by atoms with E-state index in [1.165, 1.54) is 11.1 Å². The number of nitrogens with zero attached hydrogens (tertiary/aromatic N) is 2. The molecule has 6 nitrogen and oxygen atoms in total. The van der Waals surface area contributed by atoms with Crippen LogP contribution in [0.15, 0.2) is 91.0 Å². The summed E-state index contributed by atoms with van der Waals surface area (Å²) in [5.74, 6) is 3.65. The van der Waals surface area contributed by atoms with Crippen molar-refractivity contribution in [1.82, 2.24) is 9.97 Å². The zero-order valence-electron chi connectivity index (χ0n) is 21.9. The third-order valence-electron chi connectivity index (χ3n) is 6.38. The van der Waals surface area contributed by atoms with Gasteiger partial charge in [-0.05, 0) is 53.8 Å². The number of anilines is 1. The lowest BCUT2D eigenvalue weighted by Gasteiger charge is -2.13. The molecule has 1 aromatic heterocycles. The summed E-state index contributed by atoms with van der Waals surface area (Å²) in [6, 6.07) is 30.9. The van der Waals surface area contributed by atoms with Gasteiger partial charge in [-0.2, -0.15) is 0 Å². The molecule has 0 aliphatic carbocycles. The minimum absolute atomic E-state index is 0.560. The van der Waals surface area contributed by atoms with Gasteiger partial charge in [-0.25, -0.2) is 9.97 Å². The molecule has 0 aliphatic heterocycles. The van der Waals surface area contributed by atoms with Crippen LogP contribution < -0.4 is 19.5 Å². The van der Waals surface area contributed by atoms with Crippen LogP contribution in [0.25, 0.3) is 22.0 Å². The number of hydrogen-bond donors (Lipinski definition) is 1. The molecule has 192 valence electrons. The van der Waals surface area contributed by atoms with Crippen molar-refractivity contribution in [3.63, 3.8) is 0 Å². The Bertz CT molecular complexity index is 1520. The molecule has 0 bridgehead atoms. The molecular formula is C32H31N3O3. The van der Waals surface area contributed by atoms with E-state index in [4.69, 9.17) is 14.2 Å². The van der Waals surface area contributed by atoms with E-state index in [9.17, 15) is 0 Å². The number of rotatable bonds is 10. The number of nitrogens with one attached hydrogen (secondary N) is 1. The van der Waals surface area contributed by atoms with Gasteiger partial charge in [0.1, 0.15) is 24.0 Å². The molecule has 0 radical (unpaired) electrons. The van der Waals surface area contributed by atoms with E-state index in [-0.39, 0.29) is 0 Å². The van der Waals surface area contributed by atoms with Crippen LogP contribution in [-0.2, 0) is 13.0 Å². The molecule has 0 spiro atoms. The summed E-state index contributed by atoms with van der Waals surface area (Å²) in [4.78, 5) is 9.21. The fraction of sp³-hybridized carbons (Fsp3) is 0.188. The van der Waals surface area contributed by atoms with Gasteiger partial charge in [0.25, 0.3) is 0 Å². The molecule has 38 heavy (non-hydrogen) atoms. The van der Waals surface area contributed by atoms with Crippen molar-refractivity contribution in [3.05, 3.63) is 108 Å². The number of aryl methyl sites for hydroxylation is 1. The van der Waals surface area contributed by atoms with Crippen LogP contribution in [0.4, 0.5) is 5.82 Å². The quantitative estimate of drug-likeness (QED) is 0.224. The summed E-state index contributed by atoms with van der Waals surface area (Å²) in [5.41, 5.74) is 5.55. The van der Waals surface area contributed by atoms with Gasteiger partial charge in [0.2, 0.25) is 0 Å². The van der Waals surface area contributed by atoms with Crippen molar-refractivity contribution in [1.29, 1.82) is 0 Å². The highest BCUT2D eigenvalue weighted by atomic mass is 16.5. The lowest BCUT2D eigenvalue weighted by atomic mass is 10.0. The van der Waals surface area contributed by atoms with Gasteiger partial charge >= 0.3 is 0 Å². The monoisotopic (exact) mass is 505 g/mol. The number of benzene rings is 4. The van der Waals surface area contributed by atoms with Crippen molar-refractivity contribution in [2.45, 2.75) is 20.0 Å². The van der Waals surface area contributed by atoms with Crippen LogP contribution in [0, 0.1) is 6.92 Å². The van der Waals surface area contributed by atoms with Gasteiger partial charge < -0.3 is 19.5 Å². The van der Waals surface area contributed by atoms with Gasteiger partial charge in [-0.15, -0.1) is 0 Å². The highest BCUT2D eigenvalue weighted by molar-refractivity contribution is 5.91. The van der Waals surface area contributed by atoms with Crippen molar-refractivity contribution < 1.29 is 14.2 Å². The highest BCUT2D eigenvalue weighted by Gasteiger charge is 2.12. The number of fused-ring (bicyclic) bond motifs is 1. The fourth-order valence-electron chi connectivity index (χ4n) is 4.42. The molecule has 4 aromatic carbocycles. The molecular weight excluding hydrogens is 474 g/mol. The van der Waals surface area contributed by atoms with E-state index in [1.807, 2.05) is 49.4 Å². The molecule has 0 unspecified atom stereocenters. The summed E-state index contributed by atoms with van der Waals surface area (Å²) in [7, 11) is 3.25. The number of ether oxygens (including phenoxy) is 3. The normalized spacial score (nSPS) is 10.8. The Kier molecular flexibility index (Phi) is 7.69. The zero-order valence-corrected chi connectivity index (χ0v) is 21.9. The molecule has 0 amide bonds. The Hall–Kier alpha value is -4.58. The van der Waals surface area contributed by atoms with Gasteiger partial charge in [-0.3, -0.25) is 0 Å². The average Bonchev–Trinajstić information content (AvgIpc) is 2.96. The second-order valence-corrected chi connectivity index (χ2v) is 9.02. The third-order valence-corrected chi connectivity index (χ3v) is 6.38. The van der Waals surface area contributed by atoms with Crippen LogP contribution >= 0.6 is 0 Å². The van der Waals surface area contributed by atoms with Crippen molar-refractivity contribution in [3.8, 4) is 28.4 Å². The standard InChI is InChI=1S/C32H31N3O3/c1-22-34-29-20-31(37-3)30(36-2)19-28(29)32(35-22)33-17-16-23-10-7-11-26(18-23)25-12-14-27(15-13-25)38-21-24-8-5-4-6-9-24/h4-15,18-20H,16-17,21H2,1-3H3,(H,33,34,35). The van der Waals surface area contributed by atoms with E-state index < -0.39 is 0 Å². The molecule has 0 atom stereocenters. The van der Waals surface area contributed by atoms with Crippen LogP contribution in [-0.4, -0.2) is 30.7 Å².